The van der Waals surface area contributed by atoms with Gasteiger partial charge in [-0.2, -0.15) is 0 Å². The summed E-state index contributed by atoms with van der Waals surface area (Å²) in [5.74, 6) is 0.481. The number of likely N-dealkylation sites (tertiary alicyclic amines) is 1. The molecule has 0 N–H and O–H groups in total. The van der Waals surface area contributed by atoms with E-state index < -0.39 is 0 Å². The van der Waals surface area contributed by atoms with Crippen LogP contribution in [0.5, 0.6) is 0 Å². The predicted molar refractivity (Wildman–Crippen MR) is 107 cm³/mol. The minimum absolute atomic E-state index is 0.0336. The van der Waals surface area contributed by atoms with Crippen molar-refractivity contribution in [3.05, 3.63) is 60.2 Å². The van der Waals surface area contributed by atoms with Gasteiger partial charge in [0.2, 0.25) is 0 Å². The largest absolute Gasteiger partial charge is 0.337 e. The highest BCUT2D eigenvalue weighted by atomic mass is 32.2. The van der Waals surface area contributed by atoms with Gasteiger partial charge in [-0.25, -0.2) is 14.6 Å². The Morgan fingerprint density at radius 2 is 1.68 bits per heavy atom. The first-order chi connectivity index (χ1) is 13.8. The van der Waals surface area contributed by atoms with Crippen LogP contribution < -0.4 is 0 Å². The van der Waals surface area contributed by atoms with Crippen LogP contribution in [0.15, 0.2) is 53.9 Å². The lowest BCUT2D eigenvalue weighted by Gasteiger charge is -2.19. The summed E-state index contributed by atoms with van der Waals surface area (Å²) in [6.45, 7) is 1.57. The Hall–Kier alpha value is -2.74. The van der Waals surface area contributed by atoms with E-state index in [9.17, 15) is 4.79 Å². The molecule has 1 aliphatic rings. The number of para-hydroxylation sites is 1. The van der Waals surface area contributed by atoms with Crippen molar-refractivity contribution in [1.82, 2.24) is 29.9 Å². The molecule has 7 nitrogen and oxygen atoms in total. The minimum atomic E-state index is -0.0336. The number of hydrogen-bond donors (Lipinski definition) is 0. The zero-order chi connectivity index (χ0) is 19.2. The zero-order valence-corrected chi connectivity index (χ0v) is 16.4. The van der Waals surface area contributed by atoms with Crippen molar-refractivity contribution in [2.45, 2.75) is 36.6 Å². The lowest BCUT2D eigenvalue weighted by atomic mass is 10.2. The molecule has 3 heterocycles. The molecule has 0 spiro atoms. The van der Waals surface area contributed by atoms with Crippen molar-refractivity contribution in [2.75, 3.05) is 13.1 Å². The topological polar surface area (TPSA) is 76.8 Å². The van der Waals surface area contributed by atoms with E-state index in [1.165, 1.54) is 24.6 Å². The van der Waals surface area contributed by atoms with Gasteiger partial charge in [-0.3, -0.25) is 4.79 Å². The van der Waals surface area contributed by atoms with Gasteiger partial charge in [0.05, 0.1) is 11.4 Å². The van der Waals surface area contributed by atoms with Gasteiger partial charge in [0.25, 0.3) is 5.91 Å². The van der Waals surface area contributed by atoms with Gasteiger partial charge in [-0.15, -0.1) is 5.10 Å². The third kappa shape index (κ3) is 4.22. The number of amides is 1. The van der Waals surface area contributed by atoms with Crippen LogP contribution in [0.2, 0.25) is 0 Å². The molecule has 0 aliphatic carbocycles. The van der Waals surface area contributed by atoms with Crippen molar-refractivity contribution in [2.24, 2.45) is 0 Å². The normalized spacial score (nSPS) is 14.6. The van der Waals surface area contributed by atoms with E-state index in [1.807, 2.05) is 35.2 Å². The lowest BCUT2D eigenvalue weighted by Crippen LogP contribution is -2.32. The van der Waals surface area contributed by atoms with Crippen molar-refractivity contribution in [3.8, 4) is 5.69 Å². The molecule has 2 aromatic heterocycles. The van der Waals surface area contributed by atoms with Crippen LogP contribution in [0.3, 0.4) is 0 Å². The number of nitrogens with zero attached hydrogens (tertiary/aromatic N) is 6. The van der Waals surface area contributed by atoms with Crippen LogP contribution in [-0.2, 0) is 5.75 Å². The first-order valence-corrected chi connectivity index (χ1v) is 10.5. The molecule has 144 valence electrons. The van der Waals surface area contributed by atoms with Gasteiger partial charge in [-0.05, 0) is 31.0 Å². The molecule has 0 unspecified atom stereocenters. The molecule has 0 saturated carbocycles. The van der Waals surface area contributed by atoms with E-state index in [1.54, 1.807) is 23.1 Å². The quantitative estimate of drug-likeness (QED) is 0.488. The van der Waals surface area contributed by atoms with Gasteiger partial charge in [-0.1, -0.05) is 48.0 Å². The molecule has 0 radical (unpaired) electrons. The van der Waals surface area contributed by atoms with Gasteiger partial charge >= 0.3 is 0 Å². The maximum Gasteiger partial charge on any atom is 0.276 e. The van der Waals surface area contributed by atoms with Crippen molar-refractivity contribution in [3.63, 3.8) is 0 Å². The molecular weight excluding hydrogens is 372 g/mol. The fourth-order valence-electron chi connectivity index (χ4n) is 3.29. The number of benzene rings is 1. The number of aromatic nitrogens is 5. The Labute approximate surface area is 168 Å². The Morgan fingerprint density at radius 1 is 0.964 bits per heavy atom. The Balaban J connectivity index is 1.65. The molecule has 1 aliphatic heterocycles. The fourth-order valence-corrected chi connectivity index (χ4v) is 4.09. The molecule has 4 rings (SSSR count). The van der Waals surface area contributed by atoms with E-state index in [0.29, 0.717) is 16.6 Å². The predicted octanol–water partition coefficient (Wildman–Crippen LogP) is 3.37. The van der Waals surface area contributed by atoms with Crippen molar-refractivity contribution in [1.29, 1.82) is 0 Å². The number of carbonyl (C=O) groups is 1. The maximum atomic E-state index is 13.2. The summed E-state index contributed by atoms with van der Waals surface area (Å²) in [5.41, 5.74) is 2.08. The van der Waals surface area contributed by atoms with Gasteiger partial charge < -0.3 is 4.90 Å². The van der Waals surface area contributed by atoms with Crippen LogP contribution >= 0.6 is 11.8 Å². The van der Waals surface area contributed by atoms with Crippen molar-refractivity contribution < 1.29 is 4.79 Å². The van der Waals surface area contributed by atoms with E-state index >= 15 is 0 Å². The Bertz CT molecular complexity index is 907. The molecule has 1 saturated heterocycles. The fraction of sp³-hybridized carbons (Fsp3) is 0.350. The highest BCUT2D eigenvalue weighted by molar-refractivity contribution is 7.98. The number of hydrogen-bond acceptors (Lipinski definition) is 6. The first-order valence-electron chi connectivity index (χ1n) is 9.52. The standard InChI is InChI=1S/C20H22N6OS/c27-19(25-13-6-1-2-7-14-25)18-17(15-28-20-21-11-8-12-22-20)26(24-23-18)16-9-4-3-5-10-16/h3-5,8-12H,1-2,6-7,13-15H2. The summed E-state index contributed by atoms with van der Waals surface area (Å²) >= 11 is 1.48. The SMILES string of the molecule is O=C(c1nnn(-c2ccccc2)c1CSc1ncccn1)N1CCCCCC1. The summed E-state index contributed by atoms with van der Waals surface area (Å²) < 4.78 is 1.75. The van der Waals surface area contributed by atoms with E-state index in [4.69, 9.17) is 0 Å². The monoisotopic (exact) mass is 394 g/mol. The van der Waals surface area contributed by atoms with Gasteiger partial charge in [0.1, 0.15) is 0 Å². The van der Waals surface area contributed by atoms with Crippen LogP contribution in [0.1, 0.15) is 41.9 Å². The van der Waals surface area contributed by atoms with Gasteiger partial charge in [0.15, 0.2) is 10.9 Å². The molecule has 1 fully saturated rings. The molecule has 28 heavy (non-hydrogen) atoms. The number of carbonyl (C=O) groups excluding carboxylic acids is 1. The molecule has 8 heteroatoms. The van der Waals surface area contributed by atoms with E-state index in [2.05, 4.69) is 20.3 Å². The zero-order valence-electron chi connectivity index (χ0n) is 15.6. The van der Waals surface area contributed by atoms with Crippen LogP contribution in [0, 0.1) is 0 Å². The van der Waals surface area contributed by atoms with Crippen molar-refractivity contribution >= 4 is 17.7 Å². The molecule has 3 aromatic rings. The molecule has 0 atom stereocenters. The number of rotatable bonds is 5. The number of thioether (sulfide) groups is 1. The highest BCUT2D eigenvalue weighted by Crippen LogP contribution is 2.24. The third-order valence-electron chi connectivity index (χ3n) is 4.74. The summed E-state index contributed by atoms with van der Waals surface area (Å²) in [7, 11) is 0. The van der Waals surface area contributed by atoms with Crippen LogP contribution in [-0.4, -0.2) is 48.9 Å². The molecule has 1 aromatic carbocycles. The summed E-state index contributed by atoms with van der Waals surface area (Å²) in [6.07, 6.45) is 7.86. The van der Waals surface area contributed by atoms with E-state index in [-0.39, 0.29) is 5.91 Å². The molecular formula is C20H22N6OS. The Kier molecular flexibility index (Phi) is 5.96. The second-order valence-corrected chi connectivity index (χ2v) is 7.60. The third-order valence-corrected chi connectivity index (χ3v) is 5.63. The van der Waals surface area contributed by atoms with Gasteiger partial charge in [0, 0.05) is 31.2 Å². The van der Waals surface area contributed by atoms with Crippen LogP contribution in [0.4, 0.5) is 0 Å². The first kappa shape index (κ1) is 18.6. The average Bonchev–Trinajstić information content (AvgIpc) is 2.98. The molecule has 0 bridgehead atoms. The highest BCUT2D eigenvalue weighted by Gasteiger charge is 2.26. The lowest BCUT2D eigenvalue weighted by molar-refractivity contribution is 0.0755. The molecule has 1 amide bonds. The van der Waals surface area contributed by atoms with E-state index in [0.717, 1.165) is 37.3 Å². The minimum Gasteiger partial charge on any atom is -0.337 e. The second-order valence-electron chi connectivity index (χ2n) is 6.66. The smallest absolute Gasteiger partial charge is 0.276 e. The maximum absolute atomic E-state index is 13.2. The summed E-state index contributed by atoms with van der Waals surface area (Å²) in [5, 5.41) is 9.24. The summed E-state index contributed by atoms with van der Waals surface area (Å²) in [6, 6.07) is 11.6. The Morgan fingerprint density at radius 3 is 2.39 bits per heavy atom. The summed E-state index contributed by atoms with van der Waals surface area (Å²) in [4.78, 5) is 23.6. The second kappa shape index (κ2) is 8.97. The average molecular weight is 395 g/mol. The van der Waals surface area contributed by atoms with Crippen LogP contribution in [0.25, 0.3) is 5.69 Å².